The fourth-order valence-electron chi connectivity index (χ4n) is 1.29. The van der Waals surface area contributed by atoms with Crippen LogP contribution in [-0.2, 0) is 0 Å². The molecule has 0 aliphatic heterocycles. The van der Waals surface area contributed by atoms with Gasteiger partial charge >= 0.3 is 0 Å². The van der Waals surface area contributed by atoms with Gasteiger partial charge in [-0.15, -0.1) is 0 Å². The minimum absolute atomic E-state index is 0.220. The zero-order valence-electron chi connectivity index (χ0n) is 9.34. The van der Waals surface area contributed by atoms with Gasteiger partial charge in [-0.3, -0.25) is 9.78 Å². The van der Waals surface area contributed by atoms with Crippen molar-refractivity contribution < 1.29 is 13.9 Å². The summed E-state index contributed by atoms with van der Waals surface area (Å²) >= 11 is 0. The van der Waals surface area contributed by atoms with Crippen LogP contribution in [0.2, 0.25) is 0 Å². The van der Waals surface area contributed by atoms with Crippen molar-refractivity contribution in [2.75, 3.05) is 12.2 Å². The Labute approximate surface area is 103 Å². The van der Waals surface area contributed by atoms with Crippen molar-refractivity contribution in [1.82, 2.24) is 9.97 Å². The summed E-state index contributed by atoms with van der Waals surface area (Å²) in [5.74, 6) is -0.0778. The fraction of sp³-hybridized carbons (Fsp3) is 0.0833. The lowest BCUT2D eigenvalue weighted by molar-refractivity contribution is 0.102. The zero-order valence-corrected chi connectivity index (χ0v) is 9.34. The third-order valence-electron chi connectivity index (χ3n) is 2.13. The number of hydrogen-bond donors (Lipinski definition) is 1. The van der Waals surface area contributed by atoms with E-state index >= 15 is 0 Å². The van der Waals surface area contributed by atoms with Crippen molar-refractivity contribution in [3.8, 4) is 5.75 Å². The molecule has 18 heavy (non-hydrogen) atoms. The van der Waals surface area contributed by atoms with Crippen molar-refractivity contribution in [1.29, 1.82) is 0 Å². The second-order valence-corrected chi connectivity index (χ2v) is 3.32. The number of nitrogens with one attached hydrogen (secondary N) is 1. The van der Waals surface area contributed by atoms with Crippen molar-refractivity contribution in [2.24, 2.45) is 0 Å². The standard InChI is InChI=1S/C12H10FN3O2/c13-8-18-10-1-2-11(15-7-10)12(17)16-9-3-5-14-6-4-9/h1-7H,8H2,(H,14,16,17). The van der Waals surface area contributed by atoms with Gasteiger partial charge in [-0.25, -0.2) is 9.37 Å². The summed E-state index contributed by atoms with van der Waals surface area (Å²) in [6, 6.07) is 6.27. The van der Waals surface area contributed by atoms with E-state index in [4.69, 9.17) is 0 Å². The Morgan fingerprint density at radius 1 is 1.28 bits per heavy atom. The number of ether oxygens (including phenoxy) is 1. The summed E-state index contributed by atoms with van der Waals surface area (Å²) in [5, 5.41) is 2.65. The molecule has 0 saturated heterocycles. The second kappa shape index (κ2) is 5.72. The Morgan fingerprint density at radius 2 is 2.06 bits per heavy atom. The topological polar surface area (TPSA) is 64.1 Å². The summed E-state index contributed by atoms with van der Waals surface area (Å²) in [7, 11) is 0. The maximum Gasteiger partial charge on any atom is 0.274 e. The van der Waals surface area contributed by atoms with E-state index in [0.717, 1.165) is 0 Å². The number of amides is 1. The van der Waals surface area contributed by atoms with Gasteiger partial charge in [0, 0.05) is 18.1 Å². The average Bonchev–Trinajstić information content (AvgIpc) is 2.41. The van der Waals surface area contributed by atoms with E-state index in [1.165, 1.54) is 18.3 Å². The Balaban J connectivity index is 2.05. The van der Waals surface area contributed by atoms with Crippen LogP contribution >= 0.6 is 0 Å². The maximum atomic E-state index is 11.9. The van der Waals surface area contributed by atoms with Gasteiger partial charge < -0.3 is 10.1 Å². The van der Waals surface area contributed by atoms with Crippen LogP contribution in [0.1, 0.15) is 10.5 Å². The number of alkyl halides is 1. The highest BCUT2D eigenvalue weighted by molar-refractivity contribution is 6.02. The first-order valence-corrected chi connectivity index (χ1v) is 5.16. The number of aromatic nitrogens is 2. The van der Waals surface area contributed by atoms with Crippen molar-refractivity contribution in [2.45, 2.75) is 0 Å². The van der Waals surface area contributed by atoms with E-state index in [-0.39, 0.29) is 17.4 Å². The molecule has 2 aromatic rings. The van der Waals surface area contributed by atoms with E-state index in [2.05, 4.69) is 20.0 Å². The molecule has 2 aromatic heterocycles. The predicted octanol–water partition coefficient (Wildman–Crippen LogP) is 2.03. The molecule has 1 amide bonds. The van der Waals surface area contributed by atoms with E-state index in [9.17, 15) is 9.18 Å². The molecule has 0 aliphatic carbocycles. The molecule has 0 aliphatic rings. The Kier molecular flexibility index (Phi) is 3.80. The molecule has 1 N–H and O–H groups in total. The van der Waals surface area contributed by atoms with Gasteiger partial charge in [0.15, 0.2) is 0 Å². The smallest absolute Gasteiger partial charge is 0.274 e. The molecule has 0 spiro atoms. The number of carbonyl (C=O) groups excluding carboxylic acids is 1. The van der Waals surface area contributed by atoms with Crippen LogP contribution in [0.3, 0.4) is 0 Å². The first kappa shape index (κ1) is 12.0. The lowest BCUT2D eigenvalue weighted by atomic mass is 10.3. The van der Waals surface area contributed by atoms with Gasteiger partial charge in [0.05, 0.1) is 6.20 Å². The lowest BCUT2D eigenvalue weighted by Crippen LogP contribution is -2.13. The third kappa shape index (κ3) is 3.00. The highest BCUT2D eigenvalue weighted by Gasteiger charge is 2.07. The molecule has 0 unspecified atom stereocenters. The highest BCUT2D eigenvalue weighted by atomic mass is 19.1. The normalized spacial score (nSPS) is 9.83. The molecule has 0 bridgehead atoms. The molecule has 92 valence electrons. The average molecular weight is 247 g/mol. The van der Waals surface area contributed by atoms with Crippen molar-refractivity contribution in [3.05, 3.63) is 48.5 Å². The molecule has 6 heteroatoms. The number of pyridine rings is 2. The summed E-state index contributed by atoms with van der Waals surface area (Å²) in [6.45, 7) is -0.926. The van der Waals surface area contributed by atoms with Crippen LogP contribution < -0.4 is 10.1 Å². The number of halogens is 1. The fourth-order valence-corrected chi connectivity index (χ4v) is 1.29. The SMILES string of the molecule is O=C(Nc1ccncc1)c1ccc(OCF)cn1. The van der Waals surface area contributed by atoms with Crippen molar-refractivity contribution >= 4 is 11.6 Å². The predicted molar refractivity (Wildman–Crippen MR) is 63.0 cm³/mol. The van der Waals surface area contributed by atoms with E-state index in [1.54, 1.807) is 24.5 Å². The van der Waals surface area contributed by atoms with Gasteiger partial charge in [0.2, 0.25) is 6.86 Å². The van der Waals surface area contributed by atoms with E-state index in [1.807, 2.05) is 0 Å². The van der Waals surface area contributed by atoms with Gasteiger partial charge in [-0.2, -0.15) is 0 Å². The monoisotopic (exact) mass is 247 g/mol. The first-order chi connectivity index (χ1) is 8.79. The van der Waals surface area contributed by atoms with Crippen LogP contribution in [0.25, 0.3) is 0 Å². The van der Waals surface area contributed by atoms with Gasteiger partial charge in [-0.1, -0.05) is 0 Å². The van der Waals surface area contributed by atoms with Crippen LogP contribution in [0.5, 0.6) is 5.75 Å². The highest BCUT2D eigenvalue weighted by Crippen LogP contribution is 2.11. The number of hydrogen-bond acceptors (Lipinski definition) is 4. The zero-order chi connectivity index (χ0) is 12.8. The molecule has 0 aromatic carbocycles. The summed E-state index contributed by atoms with van der Waals surface area (Å²) in [6.07, 6.45) is 4.43. The quantitative estimate of drug-likeness (QED) is 0.897. The van der Waals surface area contributed by atoms with E-state index in [0.29, 0.717) is 5.69 Å². The number of nitrogens with zero attached hydrogens (tertiary/aromatic N) is 2. The minimum Gasteiger partial charge on any atom is -0.461 e. The Bertz CT molecular complexity index is 517. The van der Waals surface area contributed by atoms with Crippen LogP contribution in [0.15, 0.2) is 42.9 Å². The van der Waals surface area contributed by atoms with Gasteiger partial charge in [0.1, 0.15) is 11.4 Å². The summed E-state index contributed by atoms with van der Waals surface area (Å²) < 4.78 is 16.5. The molecule has 0 radical (unpaired) electrons. The summed E-state index contributed by atoms with van der Waals surface area (Å²) in [4.78, 5) is 19.5. The molecular formula is C12H10FN3O2. The van der Waals surface area contributed by atoms with E-state index < -0.39 is 6.86 Å². The maximum absolute atomic E-state index is 11.9. The van der Waals surface area contributed by atoms with Crippen LogP contribution in [0.4, 0.5) is 10.1 Å². The van der Waals surface area contributed by atoms with Gasteiger partial charge in [0.25, 0.3) is 5.91 Å². The molecule has 2 rings (SSSR count). The Hall–Kier alpha value is -2.50. The minimum atomic E-state index is -0.926. The lowest BCUT2D eigenvalue weighted by Gasteiger charge is -2.05. The molecule has 0 saturated carbocycles. The number of anilines is 1. The third-order valence-corrected chi connectivity index (χ3v) is 2.13. The summed E-state index contributed by atoms with van der Waals surface area (Å²) in [5.41, 5.74) is 0.846. The molecule has 5 nitrogen and oxygen atoms in total. The second-order valence-electron chi connectivity index (χ2n) is 3.32. The molecular weight excluding hydrogens is 237 g/mol. The number of rotatable bonds is 4. The number of carbonyl (C=O) groups is 1. The van der Waals surface area contributed by atoms with Gasteiger partial charge in [-0.05, 0) is 24.3 Å². The largest absolute Gasteiger partial charge is 0.461 e. The Morgan fingerprint density at radius 3 is 2.67 bits per heavy atom. The van der Waals surface area contributed by atoms with Crippen molar-refractivity contribution in [3.63, 3.8) is 0 Å². The molecule has 2 heterocycles. The van der Waals surface area contributed by atoms with Crippen LogP contribution in [0, 0.1) is 0 Å². The van der Waals surface area contributed by atoms with Crippen LogP contribution in [-0.4, -0.2) is 22.7 Å². The molecule has 0 fully saturated rings. The first-order valence-electron chi connectivity index (χ1n) is 5.16. The molecule has 0 atom stereocenters.